The van der Waals surface area contributed by atoms with Gasteiger partial charge in [0.2, 0.25) is 0 Å². The Hall–Kier alpha value is -2.32. The van der Waals surface area contributed by atoms with Crippen LogP contribution in [-0.2, 0) is 0 Å². The number of piperidine rings is 1. The predicted molar refractivity (Wildman–Crippen MR) is 109 cm³/mol. The van der Waals surface area contributed by atoms with Gasteiger partial charge in [0, 0.05) is 7.05 Å². The van der Waals surface area contributed by atoms with E-state index in [9.17, 15) is 4.79 Å². The molecule has 0 bridgehead atoms. The Labute approximate surface area is 171 Å². The first kappa shape index (κ1) is 22.0. The molecule has 1 N–H and O–H groups in total. The fourth-order valence-electron chi connectivity index (χ4n) is 3.25. The lowest BCUT2D eigenvalue weighted by molar-refractivity contribution is 0.0766. The van der Waals surface area contributed by atoms with Gasteiger partial charge in [-0.3, -0.25) is 4.79 Å². The van der Waals surface area contributed by atoms with E-state index >= 15 is 0 Å². The number of carbonyl (C=O) groups excluding carboxylic acids is 1. The van der Waals surface area contributed by atoms with Crippen molar-refractivity contribution in [1.82, 2.24) is 25.2 Å². The molecule has 1 fully saturated rings. The minimum atomic E-state index is -0.142. The number of ether oxygens (including phenoxy) is 2. The molecule has 8 nitrogen and oxygen atoms in total. The van der Waals surface area contributed by atoms with Crippen LogP contribution in [0.5, 0.6) is 11.5 Å². The Morgan fingerprint density at radius 1 is 1.29 bits per heavy atom. The van der Waals surface area contributed by atoms with Crippen LogP contribution < -0.4 is 14.8 Å². The molecule has 0 atom stereocenters. The van der Waals surface area contributed by atoms with Crippen LogP contribution in [0.15, 0.2) is 24.3 Å². The van der Waals surface area contributed by atoms with Crippen LogP contribution in [0.2, 0.25) is 0 Å². The molecule has 1 aliphatic heterocycles. The molecule has 1 aromatic carbocycles. The monoisotopic (exact) mass is 409 g/mol. The van der Waals surface area contributed by atoms with Gasteiger partial charge in [-0.1, -0.05) is 17.3 Å². The van der Waals surface area contributed by atoms with Crippen molar-refractivity contribution in [3.8, 4) is 11.5 Å². The van der Waals surface area contributed by atoms with Crippen LogP contribution in [-0.4, -0.2) is 66.2 Å². The third-order valence-electron chi connectivity index (χ3n) is 4.88. The van der Waals surface area contributed by atoms with E-state index in [1.807, 2.05) is 35.9 Å². The summed E-state index contributed by atoms with van der Waals surface area (Å²) in [7, 11) is 3.35. The van der Waals surface area contributed by atoms with E-state index in [2.05, 4.69) is 15.6 Å². The number of hydrogen-bond acceptors (Lipinski definition) is 6. The van der Waals surface area contributed by atoms with Crippen molar-refractivity contribution >= 4 is 18.3 Å². The molecule has 0 saturated carbocycles. The summed E-state index contributed by atoms with van der Waals surface area (Å²) in [5, 5.41) is 11.7. The molecule has 1 saturated heterocycles. The highest BCUT2D eigenvalue weighted by atomic mass is 35.5. The number of benzene rings is 1. The highest BCUT2D eigenvalue weighted by Gasteiger charge is 2.24. The van der Waals surface area contributed by atoms with Crippen LogP contribution in [0.1, 0.15) is 35.1 Å². The second kappa shape index (κ2) is 10.3. The number of halogens is 1. The van der Waals surface area contributed by atoms with Crippen LogP contribution in [0.4, 0.5) is 0 Å². The fraction of sp³-hybridized carbons (Fsp3) is 0.526. The van der Waals surface area contributed by atoms with Crippen molar-refractivity contribution < 1.29 is 14.3 Å². The number of rotatable bonds is 7. The summed E-state index contributed by atoms with van der Waals surface area (Å²) in [6.07, 6.45) is 2.00. The minimum absolute atomic E-state index is 0. The number of hydrogen-bond donors (Lipinski definition) is 1. The first-order valence-electron chi connectivity index (χ1n) is 9.25. The SMILES string of the molecule is COc1ccccc1OCCN(C)C(=O)c1nnn(C2CCNCC2)c1C.Cl. The van der Waals surface area contributed by atoms with Gasteiger partial charge >= 0.3 is 0 Å². The number of methoxy groups -OCH3 is 1. The standard InChI is InChI=1S/C19H27N5O3.ClH/c1-14-18(21-22-24(14)15-8-10-20-11-9-15)19(25)23(2)12-13-27-17-7-5-4-6-16(17)26-3;/h4-7,15,20H,8-13H2,1-3H3;1H. The summed E-state index contributed by atoms with van der Waals surface area (Å²) < 4.78 is 12.9. The number of nitrogens with zero attached hydrogens (tertiary/aromatic N) is 4. The highest BCUT2D eigenvalue weighted by Crippen LogP contribution is 2.25. The lowest BCUT2D eigenvalue weighted by Gasteiger charge is -2.23. The average Bonchev–Trinajstić information content (AvgIpc) is 3.09. The van der Waals surface area contributed by atoms with Crippen molar-refractivity contribution in [1.29, 1.82) is 0 Å². The number of aromatic nitrogens is 3. The second-order valence-corrected chi connectivity index (χ2v) is 6.68. The topological polar surface area (TPSA) is 81.5 Å². The Bertz CT molecular complexity index is 777. The van der Waals surface area contributed by atoms with Crippen molar-refractivity contribution in [3.05, 3.63) is 35.7 Å². The molecule has 154 valence electrons. The van der Waals surface area contributed by atoms with Gasteiger partial charge in [0.1, 0.15) is 6.61 Å². The zero-order valence-corrected chi connectivity index (χ0v) is 17.4. The van der Waals surface area contributed by atoms with Gasteiger partial charge in [-0.25, -0.2) is 4.68 Å². The lowest BCUT2D eigenvalue weighted by Crippen LogP contribution is -2.32. The lowest BCUT2D eigenvalue weighted by atomic mass is 10.1. The van der Waals surface area contributed by atoms with Crippen LogP contribution in [0, 0.1) is 6.92 Å². The van der Waals surface area contributed by atoms with Crippen LogP contribution >= 0.6 is 12.4 Å². The molecule has 0 unspecified atom stereocenters. The molecule has 0 aliphatic carbocycles. The van der Waals surface area contributed by atoms with Crippen molar-refractivity contribution in [2.24, 2.45) is 0 Å². The number of nitrogens with one attached hydrogen (secondary N) is 1. The molecule has 0 spiro atoms. The normalized spacial score (nSPS) is 14.2. The molecular formula is C19H28ClN5O3. The largest absolute Gasteiger partial charge is 0.493 e. The summed E-state index contributed by atoms with van der Waals surface area (Å²) in [6.45, 7) is 4.65. The fourth-order valence-corrected chi connectivity index (χ4v) is 3.25. The molecule has 1 aromatic heterocycles. The van der Waals surface area contributed by atoms with E-state index in [-0.39, 0.29) is 18.3 Å². The van der Waals surface area contributed by atoms with E-state index in [1.165, 1.54) is 0 Å². The molecule has 2 aromatic rings. The summed E-state index contributed by atoms with van der Waals surface area (Å²) in [5.41, 5.74) is 1.23. The molecule has 0 radical (unpaired) electrons. The molecule has 3 rings (SSSR count). The second-order valence-electron chi connectivity index (χ2n) is 6.68. The number of likely N-dealkylation sites (N-methyl/N-ethyl adjacent to an activating group) is 1. The smallest absolute Gasteiger partial charge is 0.276 e. The summed E-state index contributed by atoms with van der Waals surface area (Å²) >= 11 is 0. The van der Waals surface area contributed by atoms with E-state index in [1.54, 1.807) is 19.1 Å². The first-order chi connectivity index (χ1) is 13.1. The Morgan fingerprint density at radius 2 is 1.96 bits per heavy atom. The number of carbonyl (C=O) groups is 1. The summed E-state index contributed by atoms with van der Waals surface area (Å²) in [6, 6.07) is 7.76. The van der Waals surface area contributed by atoms with Gasteiger partial charge in [-0.2, -0.15) is 0 Å². The van der Waals surface area contributed by atoms with Gasteiger partial charge in [0.05, 0.1) is 25.4 Å². The molecule has 1 amide bonds. The van der Waals surface area contributed by atoms with Gasteiger partial charge in [-0.15, -0.1) is 17.5 Å². The van der Waals surface area contributed by atoms with Crippen LogP contribution in [0.25, 0.3) is 0 Å². The molecule has 2 heterocycles. The molecule has 1 aliphatic rings. The van der Waals surface area contributed by atoms with Crippen molar-refractivity contribution in [3.63, 3.8) is 0 Å². The van der Waals surface area contributed by atoms with Crippen LogP contribution in [0.3, 0.4) is 0 Å². The minimum Gasteiger partial charge on any atom is -0.493 e. The predicted octanol–water partition coefficient (Wildman–Crippen LogP) is 2.09. The Morgan fingerprint density at radius 3 is 2.64 bits per heavy atom. The summed E-state index contributed by atoms with van der Waals surface area (Å²) in [5.74, 6) is 1.19. The van der Waals surface area contributed by atoms with E-state index in [0.29, 0.717) is 36.4 Å². The van der Waals surface area contributed by atoms with Gasteiger partial charge < -0.3 is 19.7 Å². The average molecular weight is 410 g/mol. The third kappa shape index (κ3) is 4.94. The van der Waals surface area contributed by atoms with E-state index in [4.69, 9.17) is 9.47 Å². The maximum atomic E-state index is 12.7. The van der Waals surface area contributed by atoms with Gasteiger partial charge in [0.15, 0.2) is 17.2 Å². The maximum Gasteiger partial charge on any atom is 0.276 e. The van der Waals surface area contributed by atoms with E-state index < -0.39 is 0 Å². The van der Waals surface area contributed by atoms with Crippen molar-refractivity contribution in [2.75, 3.05) is 40.4 Å². The molecule has 9 heteroatoms. The quantitative estimate of drug-likeness (QED) is 0.754. The van der Waals surface area contributed by atoms with Gasteiger partial charge in [0.25, 0.3) is 5.91 Å². The Kier molecular flexibility index (Phi) is 8.07. The molecular weight excluding hydrogens is 382 g/mol. The summed E-state index contributed by atoms with van der Waals surface area (Å²) in [4.78, 5) is 14.4. The first-order valence-corrected chi connectivity index (χ1v) is 9.25. The number of amides is 1. The van der Waals surface area contributed by atoms with E-state index in [0.717, 1.165) is 31.6 Å². The zero-order valence-electron chi connectivity index (χ0n) is 16.6. The van der Waals surface area contributed by atoms with Gasteiger partial charge in [-0.05, 0) is 45.0 Å². The maximum absolute atomic E-state index is 12.7. The zero-order chi connectivity index (χ0) is 19.2. The number of para-hydroxylation sites is 2. The molecule has 28 heavy (non-hydrogen) atoms. The Balaban J connectivity index is 0.00000280. The third-order valence-corrected chi connectivity index (χ3v) is 4.88. The highest BCUT2D eigenvalue weighted by molar-refractivity contribution is 5.93. The van der Waals surface area contributed by atoms with Crippen molar-refractivity contribution in [2.45, 2.75) is 25.8 Å².